The maximum atomic E-state index is 11.1. The monoisotopic (exact) mass is 416 g/mol. The van der Waals surface area contributed by atoms with Crippen LogP contribution in [0.1, 0.15) is 11.1 Å². The van der Waals surface area contributed by atoms with Crippen LogP contribution in [-0.4, -0.2) is 53.5 Å². The minimum Gasteiger partial charge on any atom is -0.369 e. The first-order valence-corrected chi connectivity index (χ1v) is 10.5. The van der Waals surface area contributed by atoms with Gasteiger partial charge in [0, 0.05) is 55.5 Å². The number of rotatable bonds is 6. The van der Waals surface area contributed by atoms with Crippen LogP contribution in [-0.2, 0) is 4.79 Å². The van der Waals surface area contributed by atoms with Crippen molar-refractivity contribution in [2.24, 2.45) is 5.73 Å². The molecule has 1 fully saturated rings. The van der Waals surface area contributed by atoms with E-state index in [9.17, 15) is 4.79 Å². The highest BCUT2D eigenvalue weighted by Crippen LogP contribution is 2.27. The molecular weight excluding hydrogens is 388 g/mol. The number of benzene rings is 2. The van der Waals surface area contributed by atoms with Crippen molar-refractivity contribution >= 4 is 23.2 Å². The van der Waals surface area contributed by atoms with Crippen LogP contribution >= 0.6 is 0 Å². The number of carbonyl (C=O) groups is 1. The zero-order valence-electron chi connectivity index (χ0n) is 18.0. The minimum atomic E-state index is -0.270. The van der Waals surface area contributed by atoms with Crippen molar-refractivity contribution in [2.45, 2.75) is 13.8 Å². The summed E-state index contributed by atoms with van der Waals surface area (Å²) in [6.45, 7) is 7.97. The molecule has 0 atom stereocenters. The molecule has 3 aromatic rings. The molecule has 0 aliphatic carbocycles. The van der Waals surface area contributed by atoms with Crippen molar-refractivity contribution < 1.29 is 4.79 Å². The van der Waals surface area contributed by atoms with Gasteiger partial charge >= 0.3 is 0 Å². The summed E-state index contributed by atoms with van der Waals surface area (Å²) >= 11 is 0. The van der Waals surface area contributed by atoms with E-state index in [2.05, 4.69) is 69.3 Å². The summed E-state index contributed by atoms with van der Waals surface area (Å²) in [5.41, 5.74) is 12.0. The molecule has 3 N–H and O–H groups in total. The number of hydrogen-bond donors (Lipinski definition) is 2. The number of anilines is 3. The fourth-order valence-electron chi connectivity index (χ4n) is 4.06. The number of amides is 1. The van der Waals surface area contributed by atoms with Gasteiger partial charge in [0.05, 0.1) is 6.54 Å². The van der Waals surface area contributed by atoms with Gasteiger partial charge in [-0.15, -0.1) is 0 Å². The van der Waals surface area contributed by atoms with Gasteiger partial charge in [-0.05, 0) is 54.8 Å². The molecule has 0 unspecified atom stereocenters. The molecule has 1 aliphatic heterocycles. The number of aromatic nitrogens is 2. The molecule has 7 heteroatoms. The lowest BCUT2D eigenvalue weighted by molar-refractivity contribution is -0.119. The molecule has 2 heterocycles. The van der Waals surface area contributed by atoms with Gasteiger partial charge in [-0.3, -0.25) is 9.69 Å². The van der Waals surface area contributed by atoms with Crippen molar-refractivity contribution in [1.29, 1.82) is 0 Å². The highest BCUT2D eigenvalue weighted by molar-refractivity contribution is 5.76. The average molecular weight is 417 g/mol. The molecule has 0 spiro atoms. The second-order valence-corrected chi connectivity index (χ2v) is 7.96. The maximum Gasteiger partial charge on any atom is 0.231 e. The lowest BCUT2D eigenvalue weighted by Crippen LogP contribution is -2.48. The van der Waals surface area contributed by atoms with Gasteiger partial charge in [0.25, 0.3) is 0 Å². The third-order valence-electron chi connectivity index (χ3n) is 5.66. The number of nitrogens with one attached hydrogen (secondary N) is 1. The van der Waals surface area contributed by atoms with Crippen LogP contribution in [0.15, 0.2) is 54.9 Å². The molecule has 7 nitrogen and oxygen atoms in total. The van der Waals surface area contributed by atoms with Crippen molar-refractivity contribution in [3.05, 3.63) is 66.0 Å². The van der Waals surface area contributed by atoms with E-state index in [1.165, 1.54) is 16.7 Å². The Morgan fingerprint density at radius 1 is 0.968 bits per heavy atom. The Kier molecular flexibility index (Phi) is 6.13. The predicted molar refractivity (Wildman–Crippen MR) is 125 cm³/mol. The van der Waals surface area contributed by atoms with E-state index >= 15 is 0 Å². The number of carbonyl (C=O) groups excluding carboxylic acids is 1. The Bertz CT molecular complexity index is 1020. The maximum absolute atomic E-state index is 11.1. The fraction of sp³-hybridized carbons (Fsp3) is 0.292. The highest BCUT2D eigenvalue weighted by atomic mass is 16.1. The molecule has 4 rings (SSSR count). The normalized spacial score (nSPS) is 14.5. The molecule has 160 valence electrons. The van der Waals surface area contributed by atoms with Crippen LogP contribution < -0.4 is 16.0 Å². The Hall–Kier alpha value is -3.45. The van der Waals surface area contributed by atoms with Crippen LogP contribution in [0.4, 0.5) is 17.3 Å². The van der Waals surface area contributed by atoms with Gasteiger partial charge in [0.2, 0.25) is 11.9 Å². The van der Waals surface area contributed by atoms with E-state index in [0.29, 0.717) is 12.5 Å². The standard InChI is InChI=1S/C24H28N6O/c1-17-4-3-5-18(2)23(17)19-14-26-24(27-15-19)28-20-6-8-21(9-7-20)30-12-10-29(11-13-30)16-22(25)31/h3-9,14-15H,10-13,16H2,1-2H3,(H2,25,31)(H,26,27,28). The van der Waals surface area contributed by atoms with E-state index < -0.39 is 0 Å². The average Bonchev–Trinajstić information content (AvgIpc) is 2.76. The topological polar surface area (TPSA) is 87.4 Å². The lowest BCUT2D eigenvalue weighted by Gasteiger charge is -2.35. The number of nitrogens with zero attached hydrogens (tertiary/aromatic N) is 4. The first kappa shape index (κ1) is 20.8. The Balaban J connectivity index is 1.38. The van der Waals surface area contributed by atoms with Gasteiger partial charge in [-0.2, -0.15) is 0 Å². The zero-order chi connectivity index (χ0) is 21.8. The van der Waals surface area contributed by atoms with Crippen LogP contribution in [0.3, 0.4) is 0 Å². The number of primary amides is 1. The summed E-state index contributed by atoms with van der Waals surface area (Å²) in [6, 6.07) is 14.5. The van der Waals surface area contributed by atoms with E-state index in [1.54, 1.807) is 0 Å². The first-order chi connectivity index (χ1) is 15.0. The van der Waals surface area contributed by atoms with Crippen LogP contribution in [0.2, 0.25) is 0 Å². The fourth-order valence-corrected chi connectivity index (χ4v) is 4.06. The highest BCUT2D eigenvalue weighted by Gasteiger charge is 2.18. The molecule has 1 aromatic heterocycles. The molecule has 1 saturated heterocycles. The summed E-state index contributed by atoms with van der Waals surface area (Å²) in [5.74, 6) is 0.302. The first-order valence-electron chi connectivity index (χ1n) is 10.5. The second kappa shape index (κ2) is 9.14. The largest absolute Gasteiger partial charge is 0.369 e. The summed E-state index contributed by atoms with van der Waals surface area (Å²) in [7, 11) is 0. The molecule has 0 saturated carbocycles. The Labute approximate surface area is 182 Å². The van der Waals surface area contributed by atoms with Gasteiger partial charge < -0.3 is 16.0 Å². The minimum absolute atomic E-state index is 0.270. The summed E-state index contributed by atoms with van der Waals surface area (Å²) in [6.07, 6.45) is 3.73. The Morgan fingerprint density at radius 2 is 1.58 bits per heavy atom. The van der Waals surface area contributed by atoms with E-state index in [1.807, 2.05) is 24.5 Å². The van der Waals surface area contributed by atoms with Gasteiger partial charge in [-0.1, -0.05) is 18.2 Å². The van der Waals surface area contributed by atoms with Crippen molar-refractivity contribution in [2.75, 3.05) is 42.9 Å². The lowest BCUT2D eigenvalue weighted by atomic mass is 9.98. The quantitative estimate of drug-likeness (QED) is 0.642. The van der Waals surface area contributed by atoms with Crippen LogP contribution in [0.5, 0.6) is 0 Å². The number of hydrogen-bond acceptors (Lipinski definition) is 6. The van der Waals surface area contributed by atoms with Crippen molar-refractivity contribution in [3.63, 3.8) is 0 Å². The molecule has 2 aromatic carbocycles. The zero-order valence-corrected chi connectivity index (χ0v) is 18.0. The summed E-state index contributed by atoms with van der Waals surface area (Å²) in [4.78, 5) is 24.5. The molecular formula is C24H28N6O. The Morgan fingerprint density at radius 3 is 2.16 bits per heavy atom. The number of aryl methyl sites for hydroxylation is 2. The van der Waals surface area contributed by atoms with E-state index in [-0.39, 0.29) is 5.91 Å². The molecule has 0 bridgehead atoms. The SMILES string of the molecule is Cc1cccc(C)c1-c1cnc(Nc2ccc(N3CCN(CC(N)=O)CC3)cc2)nc1. The third-order valence-corrected chi connectivity index (χ3v) is 5.66. The van der Waals surface area contributed by atoms with Crippen molar-refractivity contribution in [3.8, 4) is 11.1 Å². The van der Waals surface area contributed by atoms with Gasteiger partial charge in [-0.25, -0.2) is 9.97 Å². The smallest absolute Gasteiger partial charge is 0.231 e. The summed E-state index contributed by atoms with van der Waals surface area (Å²) in [5, 5.41) is 3.27. The van der Waals surface area contributed by atoms with E-state index in [4.69, 9.17) is 5.73 Å². The second-order valence-electron chi connectivity index (χ2n) is 7.96. The molecule has 0 radical (unpaired) electrons. The van der Waals surface area contributed by atoms with E-state index in [0.717, 1.165) is 43.1 Å². The number of piperazine rings is 1. The van der Waals surface area contributed by atoms with Crippen LogP contribution in [0, 0.1) is 13.8 Å². The summed E-state index contributed by atoms with van der Waals surface area (Å²) < 4.78 is 0. The number of nitrogens with two attached hydrogens (primary N) is 1. The van der Waals surface area contributed by atoms with Gasteiger partial charge in [0.15, 0.2) is 0 Å². The molecule has 1 aliphatic rings. The van der Waals surface area contributed by atoms with Gasteiger partial charge in [0.1, 0.15) is 0 Å². The predicted octanol–water partition coefficient (Wildman–Crippen LogP) is 3.11. The third kappa shape index (κ3) is 5.00. The molecule has 1 amide bonds. The molecule has 31 heavy (non-hydrogen) atoms. The van der Waals surface area contributed by atoms with Crippen molar-refractivity contribution in [1.82, 2.24) is 14.9 Å². The van der Waals surface area contributed by atoms with Crippen LogP contribution in [0.25, 0.3) is 11.1 Å².